The largest absolute Gasteiger partial charge is 0.385 e. The number of hydrogen-bond donors (Lipinski definition) is 1. The number of nitrogens with zero attached hydrogens (tertiary/aromatic N) is 1. The molecule has 0 saturated heterocycles. The minimum Gasteiger partial charge on any atom is -0.385 e. The van der Waals surface area contributed by atoms with E-state index in [2.05, 4.69) is 54.4 Å². The first-order valence-corrected chi connectivity index (χ1v) is 15.9. The van der Waals surface area contributed by atoms with E-state index in [-0.39, 0.29) is 0 Å². The second-order valence-corrected chi connectivity index (χ2v) is 12.6. The highest BCUT2D eigenvalue weighted by atomic mass is 35.5. The average molecular weight is 521 g/mol. The molecule has 37 heavy (non-hydrogen) atoms. The van der Waals surface area contributed by atoms with Crippen LogP contribution in [0.25, 0.3) is 5.70 Å². The SMILES string of the molecule is CC/C=C1/NCCCCCCC2CCC2CN2CC(C3=C(CCC)C=C(Cl)CC3)CCc3ccc1cc32. The number of aryl methyl sites for hydroxylation is 1. The van der Waals surface area contributed by atoms with Crippen molar-refractivity contribution in [3.63, 3.8) is 0 Å². The van der Waals surface area contributed by atoms with Gasteiger partial charge in [-0.05, 0) is 104 Å². The summed E-state index contributed by atoms with van der Waals surface area (Å²) in [6.07, 6.45) is 22.5. The number of allylic oxidation sites excluding steroid dienone is 4. The predicted octanol–water partition coefficient (Wildman–Crippen LogP) is 9.40. The molecule has 2 bridgehead atoms. The van der Waals surface area contributed by atoms with Crippen LogP contribution in [0.15, 0.2) is 46.5 Å². The van der Waals surface area contributed by atoms with Gasteiger partial charge in [-0.25, -0.2) is 0 Å². The maximum Gasteiger partial charge on any atom is 0.0405 e. The van der Waals surface area contributed by atoms with E-state index in [1.165, 1.54) is 101 Å². The predicted molar refractivity (Wildman–Crippen MR) is 161 cm³/mol. The molecule has 1 aromatic carbocycles. The molecule has 2 aliphatic heterocycles. The summed E-state index contributed by atoms with van der Waals surface area (Å²) >= 11 is 6.55. The second-order valence-electron chi connectivity index (χ2n) is 12.1. The number of anilines is 1. The Morgan fingerprint density at radius 2 is 1.81 bits per heavy atom. The van der Waals surface area contributed by atoms with Gasteiger partial charge in [0.15, 0.2) is 0 Å². The van der Waals surface area contributed by atoms with Gasteiger partial charge in [-0.3, -0.25) is 0 Å². The summed E-state index contributed by atoms with van der Waals surface area (Å²) in [6.45, 7) is 8.07. The van der Waals surface area contributed by atoms with Crippen LogP contribution >= 0.6 is 11.6 Å². The number of hydrogen-bond acceptors (Lipinski definition) is 2. The van der Waals surface area contributed by atoms with Crippen LogP contribution in [-0.2, 0) is 6.42 Å². The molecular formula is C34H49ClN2. The van der Waals surface area contributed by atoms with Crippen molar-refractivity contribution in [2.75, 3.05) is 24.5 Å². The minimum atomic E-state index is 0.641. The lowest BCUT2D eigenvalue weighted by molar-refractivity contribution is 0.163. The van der Waals surface area contributed by atoms with E-state index in [0.29, 0.717) is 5.92 Å². The van der Waals surface area contributed by atoms with Gasteiger partial charge in [0.25, 0.3) is 0 Å². The third-order valence-electron chi connectivity index (χ3n) is 9.58. The molecule has 3 heteroatoms. The summed E-state index contributed by atoms with van der Waals surface area (Å²) in [5.74, 6) is 2.45. The molecular weight excluding hydrogens is 472 g/mol. The van der Waals surface area contributed by atoms with E-state index in [9.17, 15) is 0 Å². The molecule has 1 fully saturated rings. The van der Waals surface area contributed by atoms with Crippen LogP contribution in [0.1, 0.15) is 108 Å². The Bertz CT molecular complexity index is 1020. The third kappa shape index (κ3) is 6.49. The van der Waals surface area contributed by atoms with E-state index in [1.54, 1.807) is 16.7 Å². The number of halogens is 1. The minimum absolute atomic E-state index is 0.641. The molecule has 1 saturated carbocycles. The maximum atomic E-state index is 6.55. The van der Waals surface area contributed by atoms with Crippen LogP contribution in [0.4, 0.5) is 5.69 Å². The van der Waals surface area contributed by atoms with Gasteiger partial charge in [0.05, 0.1) is 0 Å². The molecule has 3 unspecified atom stereocenters. The monoisotopic (exact) mass is 520 g/mol. The zero-order valence-corrected chi connectivity index (χ0v) is 24.2. The Morgan fingerprint density at radius 1 is 0.946 bits per heavy atom. The smallest absolute Gasteiger partial charge is 0.0405 e. The summed E-state index contributed by atoms with van der Waals surface area (Å²) in [5.41, 5.74) is 9.06. The zero-order valence-electron chi connectivity index (χ0n) is 23.5. The molecule has 2 nitrogen and oxygen atoms in total. The zero-order chi connectivity index (χ0) is 25.6. The van der Waals surface area contributed by atoms with E-state index in [4.69, 9.17) is 11.6 Å². The van der Waals surface area contributed by atoms with Gasteiger partial charge < -0.3 is 10.2 Å². The first kappa shape index (κ1) is 26.9. The van der Waals surface area contributed by atoms with Crippen molar-refractivity contribution in [3.05, 3.63) is 57.7 Å². The molecule has 1 aromatic rings. The van der Waals surface area contributed by atoms with E-state index < -0.39 is 0 Å². The standard InChI is InChI=1S/C34H49ClN2/c1-3-9-27-21-31(35)18-19-32(27)30-17-14-26-13-15-28-22-34(26)37(24-30)23-29-16-12-25(29)11-7-5-6-8-20-36-33(28)10-4-2/h10,13,15,21-22,25,29-30,36H,3-9,11-12,14,16-20,23-24H2,1-2H3/b33-10+. The van der Waals surface area contributed by atoms with Crippen molar-refractivity contribution in [3.8, 4) is 0 Å². The normalized spacial score (nSPS) is 28.3. The van der Waals surface area contributed by atoms with Crippen LogP contribution < -0.4 is 10.2 Å². The van der Waals surface area contributed by atoms with Gasteiger partial charge in [-0.15, -0.1) is 0 Å². The van der Waals surface area contributed by atoms with Crippen LogP contribution in [-0.4, -0.2) is 19.6 Å². The fourth-order valence-electron chi connectivity index (χ4n) is 7.36. The highest BCUT2D eigenvalue weighted by Crippen LogP contribution is 2.43. The Balaban J connectivity index is 1.50. The Kier molecular flexibility index (Phi) is 9.40. The van der Waals surface area contributed by atoms with Gasteiger partial charge >= 0.3 is 0 Å². The van der Waals surface area contributed by atoms with Crippen molar-refractivity contribution < 1.29 is 0 Å². The van der Waals surface area contributed by atoms with Crippen molar-refractivity contribution in [2.24, 2.45) is 17.8 Å². The topological polar surface area (TPSA) is 15.3 Å². The van der Waals surface area contributed by atoms with E-state index in [1.807, 2.05) is 0 Å². The van der Waals surface area contributed by atoms with Crippen molar-refractivity contribution >= 4 is 23.0 Å². The molecule has 0 amide bonds. The fraction of sp³-hybridized carbons (Fsp3) is 0.647. The molecule has 1 N–H and O–H groups in total. The molecule has 3 atom stereocenters. The summed E-state index contributed by atoms with van der Waals surface area (Å²) in [6, 6.07) is 7.39. The molecule has 0 aromatic heterocycles. The lowest BCUT2D eigenvalue weighted by Gasteiger charge is -2.42. The summed E-state index contributed by atoms with van der Waals surface area (Å²) in [4.78, 5) is 2.84. The lowest BCUT2D eigenvalue weighted by atomic mass is 9.70. The van der Waals surface area contributed by atoms with Crippen LogP contribution in [0.3, 0.4) is 0 Å². The molecule has 4 aliphatic rings. The number of benzene rings is 1. The molecule has 2 aliphatic carbocycles. The second kappa shape index (κ2) is 12.9. The fourth-order valence-corrected chi connectivity index (χ4v) is 7.59. The van der Waals surface area contributed by atoms with Crippen LogP contribution in [0.5, 0.6) is 0 Å². The van der Waals surface area contributed by atoms with Gasteiger partial charge in [0.1, 0.15) is 0 Å². The Hall–Kier alpha value is -1.67. The Morgan fingerprint density at radius 3 is 2.62 bits per heavy atom. The number of fused-ring (bicyclic) bond motifs is 2. The average Bonchev–Trinajstić information content (AvgIpc) is 3.06. The first-order valence-electron chi connectivity index (χ1n) is 15.6. The van der Waals surface area contributed by atoms with Crippen molar-refractivity contribution in [1.29, 1.82) is 0 Å². The number of nitrogens with one attached hydrogen (secondary N) is 1. The highest BCUT2D eigenvalue weighted by Gasteiger charge is 2.34. The van der Waals surface area contributed by atoms with Crippen LogP contribution in [0.2, 0.25) is 0 Å². The van der Waals surface area contributed by atoms with Gasteiger partial charge in [0.2, 0.25) is 0 Å². The summed E-state index contributed by atoms with van der Waals surface area (Å²) < 4.78 is 0. The van der Waals surface area contributed by atoms with Gasteiger partial charge in [-0.1, -0.05) is 81.3 Å². The highest BCUT2D eigenvalue weighted by molar-refractivity contribution is 6.29. The molecule has 0 spiro atoms. The molecule has 0 radical (unpaired) electrons. The maximum absolute atomic E-state index is 6.55. The Labute approximate surface area is 231 Å². The molecule has 5 rings (SSSR count). The van der Waals surface area contributed by atoms with E-state index >= 15 is 0 Å². The summed E-state index contributed by atoms with van der Waals surface area (Å²) in [5, 5.41) is 4.87. The molecule has 202 valence electrons. The quantitative estimate of drug-likeness (QED) is 0.425. The first-order chi connectivity index (χ1) is 18.2. The van der Waals surface area contributed by atoms with Gasteiger partial charge in [-0.2, -0.15) is 0 Å². The van der Waals surface area contributed by atoms with Gasteiger partial charge in [0, 0.05) is 36.1 Å². The van der Waals surface area contributed by atoms with Crippen LogP contribution in [0, 0.1) is 17.8 Å². The molecule has 2 heterocycles. The number of rotatable bonds is 4. The van der Waals surface area contributed by atoms with Crippen molar-refractivity contribution in [2.45, 2.75) is 104 Å². The lowest BCUT2D eigenvalue weighted by Crippen LogP contribution is -2.40. The third-order valence-corrected chi connectivity index (χ3v) is 9.88. The van der Waals surface area contributed by atoms with E-state index in [0.717, 1.165) is 42.7 Å². The summed E-state index contributed by atoms with van der Waals surface area (Å²) in [7, 11) is 0. The van der Waals surface area contributed by atoms with Crippen molar-refractivity contribution in [1.82, 2.24) is 5.32 Å².